The van der Waals surface area contributed by atoms with E-state index in [-0.39, 0.29) is 54.7 Å². The van der Waals surface area contributed by atoms with Gasteiger partial charge in [-0.25, -0.2) is 13.4 Å². The standard InChI is InChI=1S/C28H20ClN3O9S2/c1-2-41-21-13-16(5-12-20(21)33)24-23(25(34)15-3-6-17(29)7-4-15)26(35)27(36)31(24)28-30-14-22(42-28)43(39,40)19-10-8-18(9-11-19)32(37)38/h3-14,24,33-34H,2H2,1H3/b25-23+. The number of phenolic OH excluding ortho intramolecular Hbond substituents is 1. The highest BCUT2D eigenvalue weighted by molar-refractivity contribution is 7.93. The molecule has 0 saturated carbocycles. The number of sulfone groups is 1. The number of hydrogen-bond donors (Lipinski definition) is 2. The van der Waals surface area contributed by atoms with Crippen molar-refractivity contribution in [2.45, 2.75) is 22.1 Å². The number of aliphatic hydroxyl groups excluding tert-OH is 1. The average molecular weight is 642 g/mol. The molecule has 1 amide bonds. The van der Waals surface area contributed by atoms with Crippen molar-refractivity contribution in [1.29, 1.82) is 0 Å². The molecule has 0 radical (unpaired) electrons. The van der Waals surface area contributed by atoms with Crippen LogP contribution in [0, 0.1) is 10.1 Å². The van der Waals surface area contributed by atoms with E-state index in [1.165, 1.54) is 42.5 Å². The number of phenols is 1. The number of anilines is 1. The lowest BCUT2D eigenvalue weighted by Gasteiger charge is -2.23. The topological polar surface area (TPSA) is 177 Å². The molecule has 1 saturated heterocycles. The Morgan fingerprint density at radius 3 is 2.42 bits per heavy atom. The number of non-ortho nitro benzene ring substituents is 1. The Morgan fingerprint density at radius 1 is 1.12 bits per heavy atom. The molecule has 1 unspecified atom stereocenters. The van der Waals surface area contributed by atoms with Gasteiger partial charge in [-0.2, -0.15) is 0 Å². The molecule has 43 heavy (non-hydrogen) atoms. The molecular formula is C28H20ClN3O9S2. The predicted molar refractivity (Wildman–Crippen MR) is 156 cm³/mol. The van der Waals surface area contributed by atoms with Crippen molar-refractivity contribution in [3.63, 3.8) is 0 Å². The Labute approximate surface area is 253 Å². The number of aliphatic hydroxyl groups is 1. The molecule has 220 valence electrons. The van der Waals surface area contributed by atoms with Crippen LogP contribution in [-0.4, -0.2) is 46.8 Å². The molecular weight excluding hydrogens is 622 g/mol. The number of amides is 1. The van der Waals surface area contributed by atoms with E-state index in [0.717, 1.165) is 35.4 Å². The van der Waals surface area contributed by atoms with Gasteiger partial charge in [-0.3, -0.25) is 24.6 Å². The van der Waals surface area contributed by atoms with Crippen LogP contribution in [0.25, 0.3) is 5.76 Å². The Kier molecular flexibility index (Phi) is 7.92. The van der Waals surface area contributed by atoms with Crippen LogP contribution in [0.5, 0.6) is 11.5 Å². The number of thiazole rings is 1. The molecule has 4 aromatic rings. The van der Waals surface area contributed by atoms with Crippen molar-refractivity contribution in [2.24, 2.45) is 0 Å². The summed E-state index contributed by atoms with van der Waals surface area (Å²) in [5.74, 6) is -2.80. The van der Waals surface area contributed by atoms with Gasteiger partial charge in [0.2, 0.25) is 9.84 Å². The van der Waals surface area contributed by atoms with Crippen LogP contribution in [0.1, 0.15) is 24.1 Å². The fourth-order valence-corrected chi connectivity index (χ4v) is 7.10. The van der Waals surface area contributed by atoms with Gasteiger partial charge in [-0.05, 0) is 61.0 Å². The molecule has 1 aliphatic heterocycles. The summed E-state index contributed by atoms with van der Waals surface area (Å²) in [5, 5.41) is 32.7. The number of aromatic nitrogens is 1. The van der Waals surface area contributed by atoms with E-state index in [1.54, 1.807) is 6.92 Å². The second-order valence-electron chi connectivity index (χ2n) is 9.05. The second-order valence-corrected chi connectivity index (χ2v) is 12.7. The molecule has 12 nitrogen and oxygen atoms in total. The molecule has 1 atom stereocenters. The summed E-state index contributed by atoms with van der Waals surface area (Å²) in [4.78, 5) is 42.1. The number of halogens is 1. The van der Waals surface area contributed by atoms with E-state index in [4.69, 9.17) is 16.3 Å². The zero-order chi connectivity index (χ0) is 31.1. The molecule has 5 rings (SSSR count). The summed E-state index contributed by atoms with van der Waals surface area (Å²) >= 11 is 6.57. The number of benzene rings is 3. The van der Waals surface area contributed by atoms with Crippen molar-refractivity contribution in [1.82, 2.24) is 4.98 Å². The lowest BCUT2D eigenvalue weighted by molar-refractivity contribution is -0.384. The van der Waals surface area contributed by atoms with Crippen LogP contribution in [0.4, 0.5) is 10.8 Å². The first-order valence-electron chi connectivity index (χ1n) is 12.4. The lowest BCUT2D eigenvalue weighted by Crippen LogP contribution is -2.29. The normalized spacial score (nSPS) is 16.4. The number of nitrogens with zero attached hydrogens (tertiary/aromatic N) is 3. The van der Waals surface area contributed by atoms with Gasteiger partial charge in [0.15, 0.2) is 16.6 Å². The van der Waals surface area contributed by atoms with E-state index >= 15 is 0 Å². The highest BCUT2D eigenvalue weighted by atomic mass is 35.5. The van der Waals surface area contributed by atoms with Crippen molar-refractivity contribution in [2.75, 3.05) is 11.5 Å². The number of ketones is 1. The van der Waals surface area contributed by atoms with E-state index in [1.807, 2.05) is 0 Å². The maximum absolute atomic E-state index is 13.5. The molecule has 0 bridgehead atoms. The van der Waals surface area contributed by atoms with Crippen LogP contribution in [-0.2, 0) is 19.4 Å². The quantitative estimate of drug-likeness (QED) is 0.0847. The minimum absolute atomic E-state index is 0.0534. The summed E-state index contributed by atoms with van der Waals surface area (Å²) in [6.07, 6.45) is 1.01. The third kappa shape index (κ3) is 5.43. The second kappa shape index (κ2) is 11.5. The van der Waals surface area contributed by atoms with Crippen LogP contribution in [0.2, 0.25) is 5.02 Å². The summed E-state index contributed by atoms with van der Waals surface area (Å²) in [7, 11) is -4.22. The zero-order valence-corrected chi connectivity index (χ0v) is 24.4. The number of aromatic hydroxyl groups is 1. The number of nitro groups is 1. The van der Waals surface area contributed by atoms with Gasteiger partial charge in [0, 0.05) is 22.7 Å². The Hall–Kier alpha value is -4.79. The van der Waals surface area contributed by atoms with Crippen molar-refractivity contribution < 1.29 is 37.9 Å². The van der Waals surface area contributed by atoms with Gasteiger partial charge in [-0.15, -0.1) is 0 Å². The largest absolute Gasteiger partial charge is 0.507 e. The van der Waals surface area contributed by atoms with Gasteiger partial charge < -0.3 is 14.9 Å². The molecule has 0 spiro atoms. The molecule has 3 aromatic carbocycles. The van der Waals surface area contributed by atoms with Crippen molar-refractivity contribution in [3.05, 3.63) is 105 Å². The van der Waals surface area contributed by atoms with Crippen molar-refractivity contribution >= 4 is 61.0 Å². The van der Waals surface area contributed by atoms with Crippen LogP contribution < -0.4 is 9.64 Å². The Bertz CT molecular complexity index is 1900. The summed E-state index contributed by atoms with van der Waals surface area (Å²) in [6.45, 7) is 1.89. The van der Waals surface area contributed by atoms with E-state index in [0.29, 0.717) is 16.4 Å². The molecule has 2 N–H and O–H groups in total. The summed E-state index contributed by atoms with van der Waals surface area (Å²) in [6, 6.07) is 13.0. The van der Waals surface area contributed by atoms with Gasteiger partial charge in [0.1, 0.15) is 9.97 Å². The third-order valence-corrected chi connectivity index (χ3v) is 9.94. The maximum atomic E-state index is 13.5. The van der Waals surface area contributed by atoms with Gasteiger partial charge in [-0.1, -0.05) is 29.0 Å². The average Bonchev–Trinajstić information content (AvgIpc) is 3.58. The van der Waals surface area contributed by atoms with Gasteiger partial charge in [0.05, 0.1) is 34.2 Å². The van der Waals surface area contributed by atoms with E-state index in [2.05, 4.69) is 4.98 Å². The minimum atomic E-state index is -4.22. The monoisotopic (exact) mass is 641 g/mol. The number of hydrogen-bond acceptors (Lipinski definition) is 11. The number of carbonyl (C=O) groups excluding carboxylic acids is 2. The van der Waals surface area contributed by atoms with Crippen LogP contribution in [0.3, 0.4) is 0 Å². The molecule has 2 heterocycles. The van der Waals surface area contributed by atoms with Gasteiger partial charge >= 0.3 is 5.91 Å². The molecule has 15 heteroatoms. The van der Waals surface area contributed by atoms with Crippen LogP contribution >= 0.6 is 22.9 Å². The van der Waals surface area contributed by atoms with Gasteiger partial charge in [0.25, 0.3) is 11.5 Å². The van der Waals surface area contributed by atoms with Crippen molar-refractivity contribution in [3.8, 4) is 11.5 Å². The molecule has 1 aliphatic rings. The first kappa shape index (κ1) is 29.7. The lowest BCUT2D eigenvalue weighted by atomic mass is 9.95. The summed E-state index contributed by atoms with van der Waals surface area (Å²) in [5.41, 5.74) is -0.161. The predicted octanol–water partition coefficient (Wildman–Crippen LogP) is 5.27. The number of nitro benzene ring substituents is 1. The van der Waals surface area contributed by atoms with E-state index < -0.39 is 38.3 Å². The Balaban J connectivity index is 1.65. The number of rotatable bonds is 8. The molecule has 1 aromatic heterocycles. The fourth-order valence-electron chi connectivity index (χ4n) is 4.43. The maximum Gasteiger partial charge on any atom is 0.301 e. The number of ether oxygens (including phenoxy) is 1. The smallest absolute Gasteiger partial charge is 0.301 e. The van der Waals surface area contributed by atoms with Crippen LogP contribution in [0.15, 0.2) is 87.6 Å². The highest BCUT2D eigenvalue weighted by Gasteiger charge is 2.48. The minimum Gasteiger partial charge on any atom is -0.507 e. The number of Topliss-reactive ketones (excluding diaryl/α,β-unsaturated/α-hetero) is 1. The SMILES string of the molecule is CCOc1cc(C2/C(=C(\O)c3ccc(Cl)cc3)C(=O)C(=O)N2c2ncc(S(=O)(=O)c3ccc([N+](=O)[O-])cc3)s2)ccc1O. The first-order valence-corrected chi connectivity index (χ1v) is 15.1. The third-order valence-electron chi connectivity index (χ3n) is 6.46. The summed E-state index contributed by atoms with van der Waals surface area (Å²) < 4.78 is 31.8. The first-order chi connectivity index (χ1) is 20.4. The molecule has 1 fully saturated rings. The zero-order valence-electron chi connectivity index (χ0n) is 22.0. The fraction of sp³-hybridized carbons (Fsp3) is 0.107. The molecule has 0 aliphatic carbocycles. The number of carbonyl (C=O) groups is 2. The Morgan fingerprint density at radius 2 is 1.79 bits per heavy atom. The highest BCUT2D eigenvalue weighted by Crippen LogP contribution is 2.45. The van der Waals surface area contributed by atoms with E-state index in [9.17, 15) is 38.3 Å².